The molecule has 0 fully saturated rings. The molecule has 0 aliphatic carbocycles. The van der Waals surface area contributed by atoms with Crippen molar-refractivity contribution in [1.29, 1.82) is 0 Å². The molecule has 0 spiro atoms. The van der Waals surface area contributed by atoms with E-state index in [2.05, 4.69) is 90.0 Å². The quantitative estimate of drug-likeness (QED) is 0.238. The Labute approximate surface area is 226 Å². The van der Waals surface area contributed by atoms with Gasteiger partial charge in [0.05, 0.1) is 11.0 Å². The highest BCUT2D eigenvalue weighted by Gasteiger charge is 2.15. The highest BCUT2D eigenvalue weighted by molar-refractivity contribution is 6.09. The minimum Gasteiger partial charge on any atom is -0.309 e. The van der Waals surface area contributed by atoms with Crippen LogP contribution in [0.3, 0.4) is 0 Å². The number of nitrogens with zero attached hydrogens (tertiary/aromatic N) is 4. The summed E-state index contributed by atoms with van der Waals surface area (Å²) in [7, 11) is 0. The molecule has 0 unspecified atom stereocenters. The van der Waals surface area contributed by atoms with Gasteiger partial charge in [0.1, 0.15) is 0 Å². The van der Waals surface area contributed by atoms with E-state index in [0.29, 0.717) is 17.5 Å². The maximum Gasteiger partial charge on any atom is 0.164 e. The number of aromatic nitrogens is 4. The number of benzene rings is 5. The number of rotatable bonds is 5. The molecule has 0 atom stereocenters. The Bertz CT molecular complexity index is 1930. The lowest BCUT2D eigenvalue weighted by atomic mass is 10.1. The van der Waals surface area contributed by atoms with E-state index in [1.54, 1.807) is 0 Å². The Morgan fingerprint density at radius 3 is 1.64 bits per heavy atom. The molecule has 4 heteroatoms. The van der Waals surface area contributed by atoms with Crippen molar-refractivity contribution in [2.24, 2.45) is 0 Å². The molecule has 7 rings (SSSR count). The zero-order chi connectivity index (χ0) is 26.2. The third-order valence-corrected chi connectivity index (χ3v) is 6.99. The predicted molar refractivity (Wildman–Crippen MR) is 161 cm³/mol. The van der Waals surface area contributed by atoms with Gasteiger partial charge in [-0.15, -0.1) is 0 Å². The Morgan fingerprint density at radius 1 is 0.487 bits per heavy atom. The molecule has 184 valence electrons. The monoisotopic (exact) mass is 500 g/mol. The second-order valence-electron chi connectivity index (χ2n) is 9.42. The van der Waals surface area contributed by atoms with Crippen LogP contribution < -0.4 is 0 Å². The summed E-state index contributed by atoms with van der Waals surface area (Å²) in [6, 6.07) is 43.6. The molecule has 0 radical (unpaired) electrons. The van der Waals surface area contributed by atoms with Gasteiger partial charge >= 0.3 is 0 Å². The Balaban J connectivity index is 1.43. The van der Waals surface area contributed by atoms with Gasteiger partial charge in [-0.1, -0.05) is 110 Å². The van der Waals surface area contributed by atoms with Crippen LogP contribution >= 0.6 is 0 Å². The van der Waals surface area contributed by atoms with Crippen LogP contribution in [-0.2, 0) is 0 Å². The van der Waals surface area contributed by atoms with Crippen molar-refractivity contribution in [3.8, 4) is 39.9 Å². The van der Waals surface area contributed by atoms with Crippen molar-refractivity contribution >= 4 is 27.9 Å². The molecule has 7 aromatic rings. The van der Waals surface area contributed by atoms with E-state index in [-0.39, 0.29) is 0 Å². The summed E-state index contributed by atoms with van der Waals surface area (Å²) in [5.74, 6) is 1.90. The molecule has 0 saturated heterocycles. The fourth-order valence-corrected chi connectivity index (χ4v) is 5.14. The first kappa shape index (κ1) is 22.8. The minimum atomic E-state index is 0.629. The summed E-state index contributed by atoms with van der Waals surface area (Å²) in [5.41, 5.74) is 7.20. The molecule has 2 heterocycles. The summed E-state index contributed by atoms with van der Waals surface area (Å²) in [4.78, 5) is 14.8. The summed E-state index contributed by atoms with van der Waals surface area (Å²) < 4.78 is 2.31. The van der Waals surface area contributed by atoms with E-state index in [0.717, 1.165) is 27.9 Å². The fourth-order valence-electron chi connectivity index (χ4n) is 5.14. The van der Waals surface area contributed by atoms with E-state index in [9.17, 15) is 0 Å². The maximum atomic E-state index is 4.96. The van der Waals surface area contributed by atoms with Crippen LogP contribution in [0.4, 0.5) is 0 Å². The third kappa shape index (κ3) is 4.09. The van der Waals surface area contributed by atoms with Crippen LogP contribution in [0.5, 0.6) is 0 Å². The molecule has 39 heavy (non-hydrogen) atoms. The van der Waals surface area contributed by atoms with Crippen molar-refractivity contribution in [2.75, 3.05) is 0 Å². The van der Waals surface area contributed by atoms with Gasteiger partial charge in [0, 0.05) is 33.2 Å². The van der Waals surface area contributed by atoms with Gasteiger partial charge in [-0.25, -0.2) is 15.0 Å². The Hall–Kier alpha value is -5.35. The molecule has 0 N–H and O–H groups in total. The van der Waals surface area contributed by atoms with Crippen molar-refractivity contribution in [3.05, 3.63) is 140 Å². The van der Waals surface area contributed by atoms with Crippen LogP contribution in [0.1, 0.15) is 5.56 Å². The summed E-state index contributed by atoms with van der Waals surface area (Å²) >= 11 is 0. The molecular weight excluding hydrogens is 476 g/mol. The van der Waals surface area contributed by atoms with Crippen molar-refractivity contribution in [1.82, 2.24) is 19.5 Å². The zero-order valence-corrected chi connectivity index (χ0v) is 21.2. The summed E-state index contributed by atoms with van der Waals surface area (Å²) in [6.45, 7) is 3.92. The summed E-state index contributed by atoms with van der Waals surface area (Å²) in [6.07, 6.45) is 1.83. The molecule has 0 aliphatic rings. The van der Waals surface area contributed by atoms with Crippen molar-refractivity contribution < 1.29 is 0 Å². The second-order valence-corrected chi connectivity index (χ2v) is 9.42. The SMILES string of the molecule is C=Cc1cccc(-c2nc(-c3ccccc3)nc(-c3cccc(-n4c5ccccc5c5ccccc54)c3)n2)c1. The molecule has 0 aliphatic heterocycles. The number of fused-ring (bicyclic) bond motifs is 3. The predicted octanol–water partition coefficient (Wildman–Crippen LogP) is 8.61. The zero-order valence-electron chi connectivity index (χ0n) is 21.2. The van der Waals surface area contributed by atoms with E-state index >= 15 is 0 Å². The van der Waals surface area contributed by atoms with Gasteiger partial charge in [-0.3, -0.25) is 0 Å². The average Bonchev–Trinajstić information content (AvgIpc) is 3.36. The van der Waals surface area contributed by atoms with Gasteiger partial charge < -0.3 is 4.57 Å². The van der Waals surface area contributed by atoms with E-state index in [1.165, 1.54) is 21.8 Å². The standard InChI is InChI=1S/C35H24N4/c1-2-24-12-10-15-26(22-24)34-36-33(25-13-4-3-5-14-25)37-35(38-34)27-16-11-17-28(23-27)39-31-20-8-6-18-29(31)30-19-7-9-21-32(30)39/h2-23H,1H2. The molecule has 4 nitrogen and oxygen atoms in total. The number of para-hydroxylation sites is 2. The van der Waals surface area contributed by atoms with Crippen LogP contribution in [0.2, 0.25) is 0 Å². The van der Waals surface area contributed by atoms with E-state index in [1.807, 2.05) is 54.6 Å². The highest BCUT2D eigenvalue weighted by atomic mass is 15.0. The molecule has 0 amide bonds. The van der Waals surface area contributed by atoms with Gasteiger partial charge in [0.2, 0.25) is 0 Å². The lowest BCUT2D eigenvalue weighted by Crippen LogP contribution is -2.01. The molecule has 5 aromatic carbocycles. The van der Waals surface area contributed by atoms with Crippen molar-refractivity contribution in [2.45, 2.75) is 0 Å². The van der Waals surface area contributed by atoms with Crippen LogP contribution in [-0.4, -0.2) is 19.5 Å². The summed E-state index contributed by atoms with van der Waals surface area (Å²) in [5, 5.41) is 2.46. The van der Waals surface area contributed by atoms with Crippen LogP contribution in [0.15, 0.2) is 134 Å². The van der Waals surface area contributed by atoms with Gasteiger partial charge in [0.15, 0.2) is 17.5 Å². The van der Waals surface area contributed by atoms with E-state index < -0.39 is 0 Å². The first-order valence-corrected chi connectivity index (χ1v) is 12.9. The normalized spacial score (nSPS) is 11.2. The molecular formula is C35H24N4. The minimum absolute atomic E-state index is 0.629. The second kappa shape index (κ2) is 9.51. The number of hydrogen-bond acceptors (Lipinski definition) is 3. The Kier molecular flexibility index (Phi) is 5.56. The van der Waals surface area contributed by atoms with Gasteiger partial charge in [0.25, 0.3) is 0 Å². The highest BCUT2D eigenvalue weighted by Crippen LogP contribution is 2.33. The molecule has 0 saturated carbocycles. The first-order chi connectivity index (χ1) is 19.3. The molecule has 2 aromatic heterocycles. The largest absolute Gasteiger partial charge is 0.309 e. The fraction of sp³-hybridized carbons (Fsp3) is 0. The molecule has 0 bridgehead atoms. The van der Waals surface area contributed by atoms with Crippen molar-refractivity contribution in [3.63, 3.8) is 0 Å². The average molecular weight is 501 g/mol. The Morgan fingerprint density at radius 2 is 1.00 bits per heavy atom. The van der Waals surface area contributed by atoms with Gasteiger partial charge in [-0.2, -0.15) is 0 Å². The smallest absolute Gasteiger partial charge is 0.164 e. The lowest BCUT2D eigenvalue weighted by molar-refractivity contribution is 1.07. The van der Waals surface area contributed by atoms with Gasteiger partial charge in [-0.05, 0) is 35.9 Å². The number of hydrogen-bond donors (Lipinski definition) is 0. The topological polar surface area (TPSA) is 43.6 Å². The van der Waals surface area contributed by atoms with Crippen LogP contribution in [0.25, 0.3) is 67.7 Å². The maximum absolute atomic E-state index is 4.96. The first-order valence-electron chi connectivity index (χ1n) is 12.9. The third-order valence-electron chi connectivity index (χ3n) is 6.99. The van der Waals surface area contributed by atoms with Crippen LogP contribution in [0, 0.1) is 0 Å². The van der Waals surface area contributed by atoms with E-state index in [4.69, 9.17) is 15.0 Å². The lowest BCUT2D eigenvalue weighted by Gasteiger charge is -2.11.